The average molecular weight is 393 g/mol. The summed E-state index contributed by atoms with van der Waals surface area (Å²) in [6.45, 7) is 6.68. The Bertz CT molecular complexity index is 926. The number of hydrogen-bond acceptors (Lipinski definition) is 5. The molecule has 4 rings (SSSR count). The summed E-state index contributed by atoms with van der Waals surface area (Å²) in [7, 11) is 0. The highest BCUT2D eigenvalue weighted by Gasteiger charge is 2.30. The standard InChI is InChI=1S/C23H28N4O2/c1-3-27-12-11-25-23(27)22-20(7-5-13-28-22)26-15-18-8-9-21(17(2)14-18)29-19-6-4-10-24-16-19/h4,6,8-12,14,16,20,22,26H,3,5,7,13,15H2,1-2H3/t20-,22-/m0/s1. The highest BCUT2D eigenvalue weighted by Crippen LogP contribution is 2.29. The van der Waals surface area contributed by atoms with Gasteiger partial charge < -0.3 is 19.4 Å². The van der Waals surface area contributed by atoms with Crippen LogP contribution in [0.2, 0.25) is 0 Å². The van der Waals surface area contributed by atoms with E-state index in [1.807, 2.05) is 30.6 Å². The number of rotatable bonds is 7. The monoisotopic (exact) mass is 392 g/mol. The van der Waals surface area contributed by atoms with Gasteiger partial charge in [0.15, 0.2) is 0 Å². The fourth-order valence-electron chi connectivity index (χ4n) is 3.81. The van der Waals surface area contributed by atoms with Crippen molar-refractivity contribution in [3.05, 3.63) is 72.1 Å². The lowest BCUT2D eigenvalue weighted by molar-refractivity contribution is -0.0182. The van der Waals surface area contributed by atoms with Crippen LogP contribution in [-0.2, 0) is 17.8 Å². The summed E-state index contributed by atoms with van der Waals surface area (Å²) < 4.78 is 14.2. The molecule has 1 aliphatic heterocycles. The summed E-state index contributed by atoms with van der Waals surface area (Å²) in [5, 5.41) is 3.69. The molecule has 6 nitrogen and oxygen atoms in total. The van der Waals surface area contributed by atoms with Gasteiger partial charge in [-0.2, -0.15) is 0 Å². The van der Waals surface area contributed by atoms with Crippen LogP contribution in [0.5, 0.6) is 11.5 Å². The van der Waals surface area contributed by atoms with Crippen molar-refractivity contribution in [3.8, 4) is 11.5 Å². The van der Waals surface area contributed by atoms with Gasteiger partial charge in [0, 0.05) is 44.3 Å². The number of imidazole rings is 1. The lowest BCUT2D eigenvalue weighted by atomic mass is 10.0. The molecule has 29 heavy (non-hydrogen) atoms. The number of hydrogen-bond donors (Lipinski definition) is 1. The van der Waals surface area contributed by atoms with Gasteiger partial charge in [0.1, 0.15) is 23.4 Å². The van der Waals surface area contributed by atoms with Crippen molar-refractivity contribution < 1.29 is 9.47 Å². The van der Waals surface area contributed by atoms with E-state index < -0.39 is 0 Å². The molecule has 0 radical (unpaired) electrons. The zero-order chi connectivity index (χ0) is 20.1. The third-order valence-corrected chi connectivity index (χ3v) is 5.34. The second-order valence-corrected chi connectivity index (χ2v) is 7.38. The maximum absolute atomic E-state index is 6.10. The van der Waals surface area contributed by atoms with E-state index in [1.54, 1.807) is 12.4 Å². The Hall–Kier alpha value is -2.70. The molecule has 1 aromatic carbocycles. The fourth-order valence-corrected chi connectivity index (χ4v) is 3.81. The molecule has 1 saturated heterocycles. The molecule has 152 valence electrons. The molecule has 1 N–H and O–H groups in total. The summed E-state index contributed by atoms with van der Waals surface area (Å²) in [5.74, 6) is 2.61. The average Bonchev–Trinajstić information content (AvgIpc) is 3.24. The van der Waals surface area contributed by atoms with Crippen LogP contribution in [0.25, 0.3) is 0 Å². The molecule has 0 saturated carbocycles. The first-order valence-corrected chi connectivity index (χ1v) is 10.3. The van der Waals surface area contributed by atoms with Crippen molar-refractivity contribution in [2.24, 2.45) is 0 Å². The van der Waals surface area contributed by atoms with E-state index >= 15 is 0 Å². The number of aryl methyl sites for hydroxylation is 2. The van der Waals surface area contributed by atoms with Crippen molar-refractivity contribution >= 4 is 0 Å². The van der Waals surface area contributed by atoms with Gasteiger partial charge in [0.25, 0.3) is 0 Å². The van der Waals surface area contributed by atoms with Crippen LogP contribution < -0.4 is 10.1 Å². The zero-order valence-corrected chi connectivity index (χ0v) is 17.0. The van der Waals surface area contributed by atoms with Crippen LogP contribution in [0.15, 0.2) is 55.1 Å². The minimum absolute atomic E-state index is 0.00650. The number of nitrogens with one attached hydrogen (secondary N) is 1. The molecule has 1 aliphatic rings. The van der Waals surface area contributed by atoms with E-state index in [1.165, 1.54) is 5.56 Å². The Morgan fingerprint density at radius 2 is 2.21 bits per heavy atom. The highest BCUT2D eigenvalue weighted by molar-refractivity contribution is 5.39. The van der Waals surface area contributed by atoms with E-state index in [0.717, 1.165) is 55.4 Å². The van der Waals surface area contributed by atoms with Gasteiger partial charge in [-0.1, -0.05) is 12.1 Å². The molecule has 0 aliphatic carbocycles. The topological polar surface area (TPSA) is 61.2 Å². The van der Waals surface area contributed by atoms with E-state index in [-0.39, 0.29) is 12.1 Å². The maximum Gasteiger partial charge on any atom is 0.145 e. The minimum Gasteiger partial charge on any atom is -0.455 e. The first-order valence-electron chi connectivity index (χ1n) is 10.3. The van der Waals surface area contributed by atoms with Gasteiger partial charge in [0.05, 0.1) is 6.20 Å². The summed E-state index contributed by atoms with van der Waals surface area (Å²) in [4.78, 5) is 8.65. The lowest BCUT2D eigenvalue weighted by Gasteiger charge is -2.32. The quantitative estimate of drug-likeness (QED) is 0.645. The number of aromatic nitrogens is 3. The van der Waals surface area contributed by atoms with Crippen LogP contribution in [0, 0.1) is 6.92 Å². The predicted octanol–water partition coefficient (Wildman–Crippen LogP) is 4.41. The number of benzene rings is 1. The van der Waals surface area contributed by atoms with Crippen LogP contribution in [0.1, 0.15) is 42.8 Å². The Balaban J connectivity index is 1.41. The predicted molar refractivity (Wildman–Crippen MR) is 112 cm³/mol. The Labute approximate surface area is 171 Å². The summed E-state index contributed by atoms with van der Waals surface area (Å²) in [5.41, 5.74) is 2.33. The molecule has 6 heteroatoms. The van der Waals surface area contributed by atoms with Crippen molar-refractivity contribution in [1.82, 2.24) is 19.9 Å². The molecule has 2 atom stereocenters. The minimum atomic E-state index is -0.00650. The summed E-state index contributed by atoms with van der Waals surface area (Å²) >= 11 is 0. The first-order chi connectivity index (χ1) is 14.2. The Kier molecular flexibility index (Phi) is 6.22. The number of nitrogens with zero attached hydrogens (tertiary/aromatic N) is 3. The zero-order valence-electron chi connectivity index (χ0n) is 17.0. The fraction of sp³-hybridized carbons (Fsp3) is 0.391. The van der Waals surface area contributed by atoms with Gasteiger partial charge >= 0.3 is 0 Å². The van der Waals surface area contributed by atoms with Crippen molar-refractivity contribution in [3.63, 3.8) is 0 Å². The van der Waals surface area contributed by atoms with Crippen LogP contribution in [0.4, 0.5) is 0 Å². The van der Waals surface area contributed by atoms with E-state index in [0.29, 0.717) is 0 Å². The molecule has 3 aromatic rings. The Morgan fingerprint density at radius 3 is 3.00 bits per heavy atom. The number of pyridine rings is 1. The highest BCUT2D eigenvalue weighted by atomic mass is 16.5. The number of ether oxygens (including phenoxy) is 2. The first kappa shape index (κ1) is 19.6. The van der Waals surface area contributed by atoms with Crippen molar-refractivity contribution in [2.45, 2.75) is 51.9 Å². The van der Waals surface area contributed by atoms with Gasteiger partial charge in [-0.3, -0.25) is 4.98 Å². The summed E-state index contributed by atoms with van der Waals surface area (Å²) in [6.07, 6.45) is 9.49. The summed E-state index contributed by atoms with van der Waals surface area (Å²) in [6, 6.07) is 10.3. The molecule has 0 unspecified atom stereocenters. The largest absolute Gasteiger partial charge is 0.455 e. The molecular weight excluding hydrogens is 364 g/mol. The van der Waals surface area contributed by atoms with Crippen molar-refractivity contribution in [2.75, 3.05) is 6.61 Å². The smallest absolute Gasteiger partial charge is 0.145 e. The molecule has 0 amide bonds. The maximum atomic E-state index is 6.10. The normalized spacial score (nSPS) is 19.2. The van der Waals surface area contributed by atoms with Crippen LogP contribution in [0.3, 0.4) is 0 Å². The second kappa shape index (κ2) is 9.20. The van der Waals surface area contributed by atoms with Gasteiger partial charge in [-0.25, -0.2) is 4.98 Å². The molecular formula is C23H28N4O2. The van der Waals surface area contributed by atoms with E-state index in [2.05, 4.69) is 45.8 Å². The molecule has 0 spiro atoms. The SMILES string of the molecule is CCn1ccnc1[C@H]1OCCC[C@@H]1NCc1ccc(Oc2cccnc2)c(C)c1. The van der Waals surface area contributed by atoms with Gasteiger partial charge in [-0.15, -0.1) is 0 Å². The van der Waals surface area contributed by atoms with E-state index in [4.69, 9.17) is 9.47 Å². The van der Waals surface area contributed by atoms with Crippen LogP contribution >= 0.6 is 0 Å². The van der Waals surface area contributed by atoms with Crippen LogP contribution in [-0.4, -0.2) is 27.2 Å². The van der Waals surface area contributed by atoms with Crippen molar-refractivity contribution in [1.29, 1.82) is 0 Å². The second-order valence-electron chi connectivity index (χ2n) is 7.38. The molecule has 2 aromatic heterocycles. The third-order valence-electron chi connectivity index (χ3n) is 5.34. The molecule has 1 fully saturated rings. The molecule has 3 heterocycles. The third kappa shape index (κ3) is 4.66. The lowest BCUT2D eigenvalue weighted by Crippen LogP contribution is -2.40. The van der Waals surface area contributed by atoms with E-state index in [9.17, 15) is 0 Å². The van der Waals surface area contributed by atoms with Gasteiger partial charge in [-0.05, 0) is 56.0 Å². The van der Waals surface area contributed by atoms with Gasteiger partial charge in [0.2, 0.25) is 0 Å². The molecule has 0 bridgehead atoms. The Morgan fingerprint density at radius 1 is 1.28 bits per heavy atom.